The van der Waals surface area contributed by atoms with Crippen molar-refractivity contribution in [2.45, 2.75) is 18.9 Å². The van der Waals surface area contributed by atoms with Crippen LogP contribution in [0, 0.1) is 0 Å². The first-order valence-electron chi connectivity index (χ1n) is 9.23. The highest BCUT2D eigenvalue weighted by Gasteiger charge is 2.49. The highest BCUT2D eigenvalue weighted by molar-refractivity contribution is 6.09. The van der Waals surface area contributed by atoms with Crippen molar-refractivity contribution in [3.05, 3.63) is 23.8 Å². The standard InChI is InChI=1S/C19H24N4O6/c1-19(12-5-6-13-14(9-12)29-8-4-7-28-13)17(26)23(18(27)21-19)11-15(24)20-10-16(25)22(2)3/h5-6,9H,4,7-8,10-11H2,1-3H3,(H,20,24)(H,21,27)/t19-/m1/s1. The third kappa shape index (κ3) is 4.10. The molecule has 0 aromatic heterocycles. The first kappa shape index (κ1) is 20.4. The molecule has 2 N–H and O–H groups in total. The lowest BCUT2D eigenvalue weighted by atomic mass is 9.91. The van der Waals surface area contributed by atoms with Gasteiger partial charge in [0, 0.05) is 20.5 Å². The topological polar surface area (TPSA) is 117 Å². The zero-order chi connectivity index (χ0) is 21.2. The molecular formula is C19H24N4O6. The van der Waals surface area contributed by atoms with E-state index in [0.717, 1.165) is 11.3 Å². The van der Waals surface area contributed by atoms with Gasteiger partial charge in [0.2, 0.25) is 11.8 Å². The van der Waals surface area contributed by atoms with Gasteiger partial charge in [-0.15, -0.1) is 0 Å². The maximum atomic E-state index is 13.0. The van der Waals surface area contributed by atoms with Crippen LogP contribution in [0.15, 0.2) is 18.2 Å². The number of urea groups is 1. The normalized spacial score (nSPS) is 20.7. The monoisotopic (exact) mass is 404 g/mol. The molecule has 1 saturated heterocycles. The van der Waals surface area contributed by atoms with Crippen LogP contribution in [0.5, 0.6) is 11.5 Å². The summed E-state index contributed by atoms with van der Waals surface area (Å²) in [6.07, 6.45) is 0.746. The maximum absolute atomic E-state index is 13.0. The molecule has 1 aromatic rings. The van der Waals surface area contributed by atoms with E-state index in [1.807, 2.05) is 0 Å². The lowest BCUT2D eigenvalue weighted by Gasteiger charge is -2.23. The average molecular weight is 404 g/mol. The Balaban J connectivity index is 1.73. The molecule has 156 valence electrons. The number of hydrogen-bond donors (Lipinski definition) is 2. The Bertz CT molecular complexity index is 855. The zero-order valence-electron chi connectivity index (χ0n) is 16.6. The first-order valence-corrected chi connectivity index (χ1v) is 9.23. The Hall–Kier alpha value is -3.30. The van der Waals surface area contributed by atoms with Gasteiger partial charge < -0.3 is 25.0 Å². The van der Waals surface area contributed by atoms with Gasteiger partial charge in [-0.3, -0.25) is 19.3 Å². The molecule has 1 aromatic carbocycles. The lowest BCUT2D eigenvalue weighted by Crippen LogP contribution is -2.45. The molecule has 0 aliphatic carbocycles. The molecule has 5 amide bonds. The SMILES string of the molecule is CN(C)C(=O)CNC(=O)CN1C(=O)N[C@](C)(c2ccc3c(c2)OCCCO3)C1=O. The van der Waals surface area contributed by atoms with E-state index in [-0.39, 0.29) is 12.5 Å². The number of likely N-dealkylation sites (N-methyl/N-ethyl adjacent to an activating group) is 1. The quantitative estimate of drug-likeness (QED) is 0.658. The molecule has 10 nitrogen and oxygen atoms in total. The van der Waals surface area contributed by atoms with Crippen molar-refractivity contribution in [3.8, 4) is 11.5 Å². The van der Waals surface area contributed by atoms with E-state index in [4.69, 9.17) is 9.47 Å². The van der Waals surface area contributed by atoms with Crippen molar-refractivity contribution in [3.63, 3.8) is 0 Å². The Morgan fingerprint density at radius 3 is 2.59 bits per heavy atom. The number of amides is 5. The molecule has 1 fully saturated rings. The fourth-order valence-corrected chi connectivity index (χ4v) is 3.04. The number of carbonyl (C=O) groups excluding carboxylic acids is 4. The lowest BCUT2D eigenvalue weighted by molar-refractivity contribution is -0.135. The van der Waals surface area contributed by atoms with Crippen LogP contribution in [0.2, 0.25) is 0 Å². The first-order chi connectivity index (χ1) is 13.7. The molecule has 10 heteroatoms. The van der Waals surface area contributed by atoms with Crippen molar-refractivity contribution in [2.24, 2.45) is 0 Å². The van der Waals surface area contributed by atoms with E-state index in [2.05, 4.69) is 10.6 Å². The number of ether oxygens (including phenoxy) is 2. The van der Waals surface area contributed by atoms with Gasteiger partial charge in [-0.2, -0.15) is 0 Å². The van der Waals surface area contributed by atoms with Crippen molar-refractivity contribution >= 4 is 23.8 Å². The van der Waals surface area contributed by atoms with Gasteiger partial charge in [0.15, 0.2) is 11.5 Å². The average Bonchev–Trinajstić information content (AvgIpc) is 2.86. The number of fused-ring (bicyclic) bond motifs is 1. The Morgan fingerprint density at radius 1 is 1.21 bits per heavy atom. The predicted octanol–water partition coefficient (Wildman–Crippen LogP) is -0.181. The van der Waals surface area contributed by atoms with Crippen LogP contribution >= 0.6 is 0 Å². The minimum atomic E-state index is -1.35. The molecule has 29 heavy (non-hydrogen) atoms. The predicted molar refractivity (Wildman–Crippen MR) is 101 cm³/mol. The molecule has 3 rings (SSSR count). The van der Waals surface area contributed by atoms with Crippen LogP contribution in [0.25, 0.3) is 0 Å². The fourth-order valence-electron chi connectivity index (χ4n) is 3.04. The molecule has 1 atom stereocenters. The van der Waals surface area contributed by atoms with Gasteiger partial charge in [0.05, 0.1) is 19.8 Å². The number of imide groups is 1. The minimum Gasteiger partial charge on any atom is -0.490 e. The smallest absolute Gasteiger partial charge is 0.325 e. The molecule has 0 unspecified atom stereocenters. The van der Waals surface area contributed by atoms with Gasteiger partial charge in [-0.25, -0.2) is 4.79 Å². The van der Waals surface area contributed by atoms with Crippen LogP contribution < -0.4 is 20.1 Å². The van der Waals surface area contributed by atoms with Gasteiger partial charge in [0.25, 0.3) is 5.91 Å². The summed E-state index contributed by atoms with van der Waals surface area (Å²) in [6.45, 7) is 1.91. The van der Waals surface area contributed by atoms with E-state index < -0.39 is 29.9 Å². The Labute approximate surface area is 168 Å². The number of benzene rings is 1. The van der Waals surface area contributed by atoms with Gasteiger partial charge >= 0.3 is 6.03 Å². The third-order valence-electron chi connectivity index (χ3n) is 4.84. The summed E-state index contributed by atoms with van der Waals surface area (Å²) < 4.78 is 11.3. The minimum absolute atomic E-state index is 0.213. The molecule has 0 radical (unpaired) electrons. The second-order valence-electron chi connectivity index (χ2n) is 7.22. The fraction of sp³-hybridized carbons (Fsp3) is 0.474. The summed E-state index contributed by atoms with van der Waals surface area (Å²) in [5.41, 5.74) is -0.826. The largest absolute Gasteiger partial charge is 0.490 e. The van der Waals surface area contributed by atoms with E-state index >= 15 is 0 Å². The van der Waals surface area contributed by atoms with Crippen molar-refractivity contribution in [2.75, 3.05) is 40.4 Å². The Kier molecular flexibility index (Phi) is 5.62. The van der Waals surface area contributed by atoms with Crippen molar-refractivity contribution in [1.82, 2.24) is 20.4 Å². The molecular weight excluding hydrogens is 380 g/mol. The van der Waals surface area contributed by atoms with Crippen LogP contribution in [0.4, 0.5) is 4.79 Å². The summed E-state index contributed by atoms with van der Waals surface area (Å²) in [5, 5.41) is 5.05. The van der Waals surface area contributed by atoms with Gasteiger partial charge in [0.1, 0.15) is 12.1 Å². The van der Waals surface area contributed by atoms with Crippen LogP contribution in [0.3, 0.4) is 0 Å². The van der Waals surface area contributed by atoms with E-state index in [0.29, 0.717) is 30.3 Å². The molecule has 0 bridgehead atoms. The molecule has 2 aliphatic rings. The second-order valence-corrected chi connectivity index (χ2v) is 7.22. The summed E-state index contributed by atoms with van der Waals surface area (Å²) in [7, 11) is 3.12. The van der Waals surface area contributed by atoms with E-state index in [9.17, 15) is 19.2 Å². The second kappa shape index (κ2) is 7.98. The number of hydrogen-bond acceptors (Lipinski definition) is 6. The van der Waals surface area contributed by atoms with Crippen molar-refractivity contribution in [1.29, 1.82) is 0 Å². The molecule has 0 spiro atoms. The number of carbonyl (C=O) groups is 4. The number of nitrogens with zero attached hydrogens (tertiary/aromatic N) is 2. The van der Waals surface area contributed by atoms with Crippen LogP contribution in [0.1, 0.15) is 18.9 Å². The van der Waals surface area contributed by atoms with E-state index in [1.165, 1.54) is 4.90 Å². The number of rotatable bonds is 5. The summed E-state index contributed by atoms with van der Waals surface area (Å²) in [5.74, 6) is -0.389. The number of nitrogens with one attached hydrogen (secondary N) is 2. The van der Waals surface area contributed by atoms with Gasteiger partial charge in [-0.05, 0) is 24.6 Å². The van der Waals surface area contributed by atoms with Crippen LogP contribution in [-0.2, 0) is 19.9 Å². The van der Waals surface area contributed by atoms with E-state index in [1.54, 1.807) is 39.2 Å². The summed E-state index contributed by atoms with van der Waals surface area (Å²) in [4.78, 5) is 51.2. The van der Waals surface area contributed by atoms with Crippen LogP contribution in [-0.4, -0.2) is 74.0 Å². The van der Waals surface area contributed by atoms with Gasteiger partial charge in [-0.1, -0.05) is 6.07 Å². The summed E-state index contributed by atoms with van der Waals surface area (Å²) >= 11 is 0. The zero-order valence-corrected chi connectivity index (χ0v) is 16.6. The third-order valence-corrected chi connectivity index (χ3v) is 4.84. The maximum Gasteiger partial charge on any atom is 0.325 e. The summed E-state index contributed by atoms with van der Waals surface area (Å²) in [6, 6.07) is 4.37. The highest BCUT2D eigenvalue weighted by Crippen LogP contribution is 2.36. The Morgan fingerprint density at radius 2 is 1.90 bits per heavy atom. The molecule has 0 saturated carbocycles. The van der Waals surface area contributed by atoms with Crippen molar-refractivity contribution < 1.29 is 28.7 Å². The molecule has 2 heterocycles. The highest BCUT2D eigenvalue weighted by atomic mass is 16.5. The molecule has 2 aliphatic heterocycles.